The first-order valence-corrected chi connectivity index (χ1v) is 8.10. The summed E-state index contributed by atoms with van der Waals surface area (Å²) in [5.74, 6) is 0. The number of carbonyl (C=O) groups is 1. The molecule has 0 aliphatic carbocycles. The van der Waals surface area contributed by atoms with Gasteiger partial charge in [0, 0.05) is 6.42 Å². The number of ether oxygens (including phenoxy) is 2. The average molecular weight is 321 g/mol. The second-order valence-electron chi connectivity index (χ2n) is 7.13. The fourth-order valence-electron chi connectivity index (χ4n) is 2.66. The molecule has 1 heterocycles. The average Bonchev–Trinajstić information content (AvgIpc) is 2.46. The lowest BCUT2D eigenvalue weighted by Crippen LogP contribution is -2.54. The third-order valence-corrected chi connectivity index (χ3v) is 3.65. The predicted molar refractivity (Wildman–Crippen MR) is 88.3 cm³/mol. The molecule has 1 aromatic rings. The first kappa shape index (κ1) is 17.8. The van der Waals surface area contributed by atoms with Crippen LogP contribution in [-0.4, -0.2) is 53.1 Å². The summed E-state index contributed by atoms with van der Waals surface area (Å²) in [5, 5.41) is 10.5. The van der Waals surface area contributed by atoms with E-state index in [4.69, 9.17) is 9.47 Å². The minimum atomic E-state index is -0.662. The Morgan fingerprint density at radius 1 is 1.35 bits per heavy atom. The molecule has 1 aromatic carbocycles. The van der Waals surface area contributed by atoms with Gasteiger partial charge in [0.25, 0.3) is 0 Å². The topological polar surface area (TPSA) is 59.0 Å². The van der Waals surface area contributed by atoms with E-state index in [1.54, 1.807) is 4.90 Å². The van der Waals surface area contributed by atoms with Crippen LogP contribution in [0, 0.1) is 0 Å². The van der Waals surface area contributed by atoms with Crippen LogP contribution in [0.15, 0.2) is 30.3 Å². The summed E-state index contributed by atoms with van der Waals surface area (Å²) in [5.41, 5.74) is 0.516. The van der Waals surface area contributed by atoms with Crippen molar-refractivity contribution in [2.75, 3.05) is 13.1 Å². The smallest absolute Gasteiger partial charge is 0.410 e. The number of nitrogens with zero attached hydrogens (tertiary/aromatic N) is 1. The summed E-state index contributed by atoms with van der Waals surface area (Å²) in [4.78, 5) is 13.9. The molecular weight excluding hydrogens is 294 g/mol. The highest BCUT2D eigenvalue weighted by Crippen LogP contribution is 2.19. The van der Waals surface area contributed by atoms with Crippen LogP contribution in [0.25, 0.3) is 0 Å². The minimum absolute atomic E-state index is 0.133. The lowest BCUT2D eigenvalue weighted by atomic mass is 10.0. The molecular formula is C18H27NO4. The zero-order valence-electron chi connectivity index (χ0n) is 14.4. The van der Waals surface area contributed by atoms with E-state index < -0.39 is 17.8 Å². The van der Waals surface area contributed by atoms with Crippen molar-refractivity contribution in [1.82, 2.24) is 4.90 Å². The third-order valence-electron chi connectivity index (χ3n) is 3.65. The Morgan fingerprint density at radius 3 is 2.61 bits per heavy atom. The Bertz CT molecular complexity index is 512. The molecule has 2 rings (SSSR count). The molecule has 1 saturated heterocycles. The summed E-state index contributed by atoms with van der Waals surface area (Å²) < 4.78 is 11.3. The molecule has 0 spiro atoms. The molecule has 5 nitrogen and oxygen atoms in total. The Hall–Kier alpha value is -1.59. The van der Waals surface area contributed by atoms with Gasteiger partial charge in [-0.05, 0) is 33.3 Å². The predicted octanol–water partition coefficient (Wildman–Crippen LogP) is 2.61. The lowest BCUT2D eigenvalue weighted by Gasteiger charge is -2.39. The number of aliphatic hydroxyl groups is 1. The molecule has 1 N–H and O–H groups in total. The maximum atomic E-state index is 12.3. The van der Waals surface area contributed by atoms with Gasteiger partial charge >= 0.3 is 6.09 Å². The highest BCUT2D eigenvalue weighted by Gasteiger charge is 2.34. The van der Waals surface area contributed by atoms with Crippen LogP contribution in [-0.2, 0) is 15.9 Å². The molecule has 0 bridgehead atoms. The Labute approximate surface area is 138 Å². The van der Waals surface area contributed by atoms with Crippen molar-refractivity contribution in [2.45, 2.75) is 58.0 Å². The van der Waals surface area contributed by atoms with Gasteiger partial charge in [-0.2, -0.15) is 0 Å². The molecule has 128 valence electrons. The standard InChI is InChI=1S/C18H27NO4/c1-13-11-19(17(21)23-18(2,3)4)12-16(22-13)15(20)10-14-8-6-5-7-9-14/h5-9,13,15-16,20H,10-12H2,1-4H3/t13-,15+,16-/m1/s1. The SMILES string of the molecule is C[C@@H]1CN(C(=O)OC(C)(C)C)C[C@H]([C@@H](O)Cc2ccccc2)O1. The van der Waals surface area contributed by atoms with Crippen molar-refractivity contribution >= 4 is 6.09 Å². The van der Waals surface area contributed by atoms with Crippen LogP contribution in [0.2, 0.25) is 0 Å². The molecule has 0 unspecified atom stereocenters. The van der Waals surface area contributed by atoms with Crippen molar-refractivity contribution < 1.29 is 19.4 Å². The highest BCUT2D eigenvalue weighted by atomic mass is 16.6. The number of carbonyl (C=O) groups excluding carboxylic acids is 1. The zero-order chi connectivity index (χ0) is 17.0. The second kappa shape index (κ2) is 7.32. The highest BCUT2D eigenvalue weighted by molar-refractivity contribution is 5.68. The van der Waals surface area contributed by atoms with Gasteiger partial charge in [-0.3, -0.25) is 0 Å². The summed E-state index contributed by atoms with van der Waals surface area (Å²) in [6, 6.07) is 9.78. The third kappa shape index (κ3) is 5.52. The normalized spacial score (nSPS) is 23.4. The van der Waals surface area contributed by atoms with Crippen molar-refractivity contribution in [1.29, 1.82) is 0 Å². The van der Waals surface area contributed by atoms with E-state index in [0.29, 0.717) is 19.5 Å². The molecule has 23 heavy (non-hydrogen) atoms. The van der Waals surface area contributed by atoms with Crippen LogP contribution in [0.5, 0.6) is 0 Å². The van der Waals surface area contributed by atoms with Crippen molar-refractivity contribution in [3.8, 4) is 0 Å². The number of aliphatic hydroxyl groups excluding tert-OH is 1. The number of morpholine rings is 1. The molecule has 5 heteroatoms. The zero-order valence-corrected chi connectivity index (χ0v) is 14.4. The number of hydrogen-bond acceptors (Lipinski definition) is 4. The Balaban J connectivity index is 1.98. The van der Waals surface area contributed by atoms with E-state index in [1.807, 2.05) is 58.0 Å². The molecule has 1 aliphatic rings. The van der Waals surface area contributed by atoms with Crippen LogP contribution in [0.3, 0.4) is 0 Å². The number of hydrogen-bond donors (Lipinski definition) is 1. The van der Waals surface area contributed by atoms with E-state index in [2.05, 4.69) is 0 Å². The van der Waals surface area contributed by atoms with Crippen LogP contribution in [0.1, 0.15) is 33.3 Å². The van der Waals surface area contributed by atoms with Crippen LogP contribution < -0.4 is 0 Å². The molecule has 3 atom stereocenters. The van der Waals surface area contributed by atoms with Gasteiger partial charge in [-0.15, -0.1) is 0 Å². The van der Waals surface area contributed by atoms with Gasteiger partial charge in [0.2, 0.25) is 0 Å². The fourth-order valence-corrected chi connectivity index (χ4v) is 2.66. The van der Waals surface area contributed by atoms with E-state index >= 15 is 0 Å². The summed E-state index contributed by atoms with van der Waals surface area (Å²) >= 11 is 0. The lowest BCUT2D eigenvalue weighted by molar-refractivity contribution is -0.122. The molecule has 0 saturated carbocycles. The van der Waals surface area contributed by atoms with Gasteiger partial charge in [0.1, 0.15) is 11.7 Å². The van der Waals surface area contributed by atoms with E-state index in [0.717, 1.165) is 5.56 Å². The minimum Gasteiger partial charge on any atom is -0.444 e. The molecule has 1 aliphatic heterocycles. The summed E-state index contributed by atoms with van der Waals surface area (Å²) in [7, 11) is 0. The fraction of sp³-hybridized carbons (Fsp3) is 0.611. The first-order chi connectivity index (χ1) is 10.7. The van der Waals surface area contributed by atoms with Crippen LogP contribution >= 0.6 is 0 Å². The van der Waals surface area contributed by atoms with E-state index in [9.17, 15) is 9.90 Å². The van der Waals surface area contributed by atoms with E-state index in [-0.39, 0.29) is 12.2 Å². The van der Waals surface area contributed by atoms with Gasteiger partial charge in [0.15, 0.2) is 0 Å². The second-order valence-corrected chi connectivity index (χ2v) is 7.13. The monoisotopic (exact) mass is 321 g/mol. The van der Waals surface area contributed by atoms with Crippen molar-refractivity contribution in [3.63, 3.8) is 0 Å². The maximum absolute atomic E-state index is 12.3. The van der Waals surface area contributed by atoms with Crippen molar-refractivity contribution in [3.05, 3.63) is 35.9 Å². The van der Waals surface area contributed by atoms with Gasteiger partial charge < -0.3 is 19.5 Å². The largest absolute Gasteiger partial charge is 0.444 e. The van der Waals surface area contributed by atoms with Crippen LogP contribution in [0.4, 0.5) is 4.79 Å². The maximum Gasteiger partial charge on any atom is 0.410 e. The van der Waals surface area contributed by atoms with E-state index in [1.165, 1.54) is 0 Å². The molecule has 1 amide bonds. The van der Waals surface area contributed by atoms with Gasteiger partial charge in [0.05, 0.1) is 25.3 Å². The van der Waals surface area contributed by atoms with Crippen molar-refractivity contribution in [2.24, 2.45) is 0 Å². The number of benzene rings is 1. The quantitative estimate of drug-likeness (QED) is 0.930. The molecule has 0 radical (unpaired) electrons. The summed E-state index contributed by atoms with van der Waals surface area (Å²) in [6.45, 7) is 8.25. The number of amides is 1. The summed E-state index contributed by atoms with van der Waals surface area (Å²) in [6.07, 6.45) is -1.06. The number of rotatable bonds is 3. The first-order valence-electron chi connectivity index (χ1n) is 8.10. The Kier molecular flexibility index (Phi) is 5.65. The molecule has 0 aromatic heterocycles. The Morgan fingerprint density at radius 2 is 2.00 bits per heavy atom. The molecule has 1 fully saturated rings. The van der Waals surface area contributed by atoms with Gasteiger partial charge in [-0.1, -0.05) is 30.3 Å². The van der Waals surface area contributed by atoms with Gasteiger partial charge in [-0.25, -0.2) is 4.79 Å².